The summed E-state index contributed by atoms with van der Waals surface area (Å²) < 4.78 is 0. The van der Waals surface area contributed by atoms with Crippen LogP contribution in [0.4, 0.5) is 0 Å². The molecule has 0 atom stereocenters. The van der Waals surface area contributed by atoms with E-state index in [1.165, 1.54) is 5.70 Å². The molecule has 0 saturated heterocycles. The molecule has 88 valence electrons. The fraction of sp³-hybridized carbons (Fsp3) is 0.600. The maximum absolute atomic E-state index is 10.3. The first kappa shape index (κ1) is 10.9. The van der Waals surface area contributed by atoms with Crippen molar-refractivity contribution < 1.29 is 14.7 Å². The van der Waals surface area contributed by atoms with Crippen molar-refractivity contribution in [3.63, 3.8) is 0 Å². The van der Waals surface area contributed by atoms with Gasteiger partial charge < -0.3 is 15.0 Å². The number of nitrogens with one attached hydrogen (secondary N) is 1. The summed E-state index contributed by atoms with van der Waals surface area (Å²) in [7, 11) is 1.98. The van der Waals surface area contributed by atoms with Gasteiger partial charge in [-0.25, -0.2) is 10.2 Å². The summed E-state index contributed by atoms with van der Waals surface area (Å²) in [6.45, 7) is 0.372. The Hall–Kier alpha value is -1.56. The molecule has 0 saturated carbocycles. The smallest absolute Gasteiger partial charge is 0.344 e. The van der Waals surface area contributed by atoms with E-state index in [1.54, 1.807) is 0 Å². The Bertz CT molecular complexity index is 362. The van der Waals surface area contributed by atoms with Crippen LogP contribution < -0.4 is 5.43 Å². The highest BCUT2D eigenvalue weighted by molar-refractivity contribution is 6.01. The molecule has 0 aromatic carbocycles. The van der Waals surface area contributed by atoms with Crippen LogP contribution in [0.3, 0.4) is 0 Å². The van der Waals surface area contributed by atoms with Crippen molar-refractivity contribution in [1.82, 2.24) is 10.4 Å². The molecule has 1 aliphatic carbocycles. The predicted octanol–water partition coefficient (Wildman–Crippen LogP) is 0.332. The van der Waals surface area contributed by atoms with Crippen molar-refractivity contribution in [3.05, 3.63) is 11.3 Å². The highest BCUT2D eigenvalue weighted by Gasteiger charge is 2.26. The number of carbonyl (C=O) groups is 1. The maximum atomic E-state index is 10.3. The van der Waals surface area contributed by atoms with E-state index in [-0.39, 0.29) is 6.61 Å². The van der Waals surface area contributed by atoms with Gasteiger partial charge in [0.1, 0.15) is 0 Å². The third-order valence-electron chi connectivity index (χ3n) is 2.78. The molecule has 2 rings (SSSR count). The number of allylic oxidation sites excluding steroid dienone is 1. The second kappa shape index (κ2) is 4.52. The van der Waals surface area contributed by atoms with Crippen molar-refractivity contribution in [2.24, 2.45) is 5.16 Å². The van der Waals surface area contributed by atoms with Crippen LogP contribution in [-0.2, 0) is 9.63 Å². The van der Waals surface area contributed by atoms with E-state index in [4.69, 9.17) is 9.94 Å². The predicted molar refractivity (Wildman–Crippen MR) is 57.7 cm³/mol. The summed E-state index contributed by atoms with van der Waals surface area (Å²) in [6.07, 6.45) is 2.92. The lowest BCUT2D eigenvalue weighted by Gasteiger charge is -2.19. The highest BCUT2D eigenvalue weighted by atomic mass is 16.6. The van der Waals surface area contributed by atoms with Gasteiger partial charge in [-0.05, 0) is 19.3 Å². The van der Waals surface area contributed by atoms with Crippen LogP contribution >= 0.6 is 0 Å². The van der Waals surface area contributed by atoms with E-state index < -0.39 is 5.97 Å². The number of hydrogen-bond donors (Lipinski definition) is 2. The third kappa shape index (κ3) is 2.16. The molecular formula is C10H15N3O3. The summed E-state index contributed by atoms with van der Waals surface area (Å²) in [5, 5.41) is 14.4. The average Bonchev–Trinajstić information content (AvgIpc) is 2.61. The van der Waals surface area contributed by atoms with Gasteiger partial charge in [-0.1, -0.05) is 5.16 Å². The highest BCUT2D eigenvalue weighted by Crippen LogP contribution is 2.27. The summed E-state index contributed by atoms with van der Waals surface area (Å²) >= 11 is 0. The number of carboxylic acid groups (broad SMARTS) is 1. The first-order valence-electron chi connectivity index (χ1n) is 5.28. The summed E-state index contributed by atoms with van der Waals surface area (Å²) in [6, 6.07) is 0. The van der Waals surface area contributed by atoms with Crippen LogP contribution in [0.25, 0.3) is 0 Å². The third-order valence-corrected chi connectivity index (χ3v) is 2.78. The molecule has 0 spiro atoms. The molecule has 0 unspecified atom stereocenters. The first-order chi connectivity index (χ1) is 7.68. The number of carboxylic acids is 1. The molecule has 0 amide bonds. The minimum atomic E-state index is -1.00. The largest absolute Gasteiger partial charge is 0.479 e. The Morgan fingerprint density at radius 2 is 2.44 bits per heavy atom. The number of hydrazine groups is 1. The van der Waals surface area contributed by atoms with E-state index in [0.717, 1.165) is 37.1 Å². The topological polar surface area (TPSA) is 74.2 Å². The second-order valence-corrected chi connectivity index (χ2v) is 3.88. The van der Waals surface area contributed by atoms with Crippen LogP contribution in [0.5, 0.6) is 0 Å². The van der Waals surface area contributed by atoms with Crippen LogP contribution in [0, 0.1) is 0 Å². The van der Waals surface area contributed by atoms with E-state index in [0.29, 0.717) is 0 Å². The molecule has 6 heteroatoms. The van der Waals surface area contributed by atoms with Gasteiger partial charge in [-0.2, -0.15) is 0 Å². The first-order valence-corrected chi connectivity index (χ1v) is 5.28. The van der Waals surface area contributed by atoms with Crippen LogP contribution in [0.2, 0.25) is 0 Å². The standard InChI is InChI=1S/C10H15N3O3/c1-13-9-4-2-3-8(7(9)5-11-13)12-16-6-10(14)15/h11H,2-6H2,1H3,(H,14,15). The number of aliphatic carboxylic acids is 1. The zero-order valence-corrected chi connectivity index (χ0v) is 9.19. The summed E-state index contributed by atoms with van der Waals surface area (Å²) in [5.41, 5.74) is 6.46. The SMILES string of the molecule is CN1NCC2=C1CCCC2=NOCC(=O)O. The monoisotopic (exact) mass is 225 g/mol. The number of oxime groups is 1. The van der Waals surface area contributed by atoms with Gasteiger partial charge in [-0.15, -0.1) is 0 Å². The van der Waals surface area contributed by atoms with Crippen molar-refractivity contribution in [2.45, 2.75) is 19.3 Å². The molecule has 1 heterocycles. The fourth-order valence-corrected chi connectivity index (χ4v) is 2.03. The number of nitrogens with zero attached hydrogens (tertiary/aromatic N) is 2. The lowest BCUT2D eigenvalue weighted by molar-refractivity contribution is -0.142. The summed E-state index contributed by atoms with van der Waals surface area (Å²) in [5.74, 6) is -1.00. The molecule has 0 radical (unpaired) electrons. The second-order valence-electron chi connectivity index (χ2n) is 3.88. The van der Waals surface area contributed by atoms with E-state index in [2.05, 4.69) is 10.6 Å². The quantitative estimate of drug-likeness (QED) is 0.677. The Kier molecular flexibility index (Phi) is 3.09. The zero-order chi connectivity index (χ0) is 11.5. The van der Waals surface area contributed by atoms with Crippen LogP contribution in [-0.4, -0.2) is 42.0 Å². The van der Waals surface area contributed by atoms with Gasteiger partial charge in [0.25, 0.3) is 0 Å². The molecule has 2 N–H and O–H groups in total. The molecular weight excluding hydrogens is 210 g/mol. The minimum Gasteiger partial charge on any atom is -0.479 e. The van der Waals surface area contributed by atoms with Gasteiger partial charge in [-0.3, -0.25) is 0 Å². The summed E-state index contributed by atoms with van der Waals surface area (Å²) in [4.78, 5) is 15.1. The molecule has 2 aliphatic rings. The molecule has 16 heavy (non-hydrogen) atoms. The van der Waals surface area contributed by atoms with Gasteiger partial charge >= 0.3 is 5.97 Å². The average molecular weight is 225 g/mol. The Morgan fingerprint density at radius 3 is 3.19 bits per heavy atom. The van der Waals surface area contributed by atoms with Crippen molar-refractivity contribution in [3.8, 4) is 0 Å². The molecule has 0 fully saturated rings. The van der Waals surface area contributed by atoms with Gasteiger partial charge in [0, 0.05) is 24.9 Å². The van der Waals surface area contributed by atoms with Crippen molar-refractivity contribution in [2.75, 3.05) is 20.2 Å². The molecule has 0 aromatic rings. The normalized spacial score (nSPS) is 22.6. The Balaban J connectivity index is 2.07. The van der Waals surface area contributed by atoms with Gasteiger partial charge in [0.2, 0.25) is 6.61 Å². The van der Waals surface area contributed by atoms with Crippen LogP contribution in [0.15, 0.2) is 16.4 Å². The molecule has 0 aromatic heterocycles. The van der Waals surface area contributed by atoms with Crippen LogP contribution in [0.1, 0.15) is 19.3 Å². The molecule has 1 aliphatic heterocycles. The minimum absolute atomic E-state index is 0.380. The van der Waals surface area contributed by atoms with E-state index >= 15 is 0 Å². The lowest BCUT2D eigenvalue weighted by Crippen LogP contribution is -2.27. The van der Waals surface area contributed by atoms with Gasteiger partial charge in [0.15, 0.2) is 0 Å². The van der Waals surface area contributed by atoms with Gasteiger partial charge in [0.05, 0.1) is 5.71 Å². The lowest BCUT2D eigenvalue weighted by atomic mass is 9.95. The van der Waals surface area contributed by atoms with E-state index in [9.17, 15) is 4.79 Å². The zero-order valence-electron chi connectivity index (χ0n) is 9.19. The van der Waals surface area contributed by atoms with E-state index in [1.807, 2.05) is 12.1 Å². The van der Waals surface area contributed by atoms with Crippen molar-refractivity contribution in [1.29, 1.82) is 0 Å². The Labute approximate surface area is 93.5 Å². The number of hydrogen-bond acceptors (Lipinski definition) is 5. The maximum Gasteiger partial charge on any atom is 0.344 e. The number of rotatable bonds is 3. The Morgan fingerprint density at radius 1 is 1.62 bits per heavy atom. The fourth-order valence-electron chi connectivity index (χ4n) is 2.03. The van der Waals surface area contributed by atoms with Crippen molar-refractivity contribution >= 4 is 11.7 Å². The molecule has 6 nitrogen and oxygen atoms in total. The molecule has 0 bridgehead atoms.